The van der Waals surface area contributed by atoms with Crippen LogP contribution in [0, 0.1) is 5.92 Å². The molecule has 0 spiro atoms. The van der Waals surface area contributed by atoms with Gasteiger partial charge in [-0.3, -0.25) is 14.5 Å². The van der Waals surface area contributed by atoms with Crippen LogP contribution in [-0.2, 0) is 9.59 Å². The van der Waals surface area contributed by atoms with Crippen molar-refractivity contribution < 1.29 is 24.2 Å². The van der Waals surface area contributed by atoms with Gasteiger partial charge in [-0.1, -0.05) is 0 Å². The van der Waals surface area contributed by atoms with E-state index in [0.717, 1.165) is 36.4 Å². The molecule has 2 saturated heterocycles. The third-order valence-electron chi connectivity index (χ3n) is 5.35. The van der Waals surface area contributed by atoms with E-state index in [0.29, 0.717) is 19.5 Å². The number of benzene rings is 1. The zero-order chi connectivity index (χ0) is 18.7. The first-order chi connectivity index (χ1) is 12.5. The molecule has 2 unspecified atom stereocenters. The molecule has 2 aliphatic rings. The van der Waals surface area contributed by atoms with Gasteiger partial charge < -0.3 is 19.5 Å². The van der Waals surface area contributed by atoms with Crippen LogP contribution in [0.3, 0.4) is 0 Å². The van der Waals surface area contributed by atoms with Gasteiger partial charge in [-0.25, -0.2) is 0 Å². The fraction of sp³-hybridized carbons (Fsp3) is 0.579. The minimum absolute atomic E-state index is 0. The van der Waals surface area contributed by atoms with Gasteiger partial charge in [0.15, 0.2) is 0 Å². The van der Waals surface area contributed by atoms with Gasteiger partial charge in [0.2, 0.25) is 5.91 Å². The lowest BCUT2D eigenvalue weighted by Crippen LogP contribution is -2.39. The molecule has 2 fully saturated rings. The van der Waals surface area contributed by atoms with E-state index in [2.05, 4.69) is 0 Å². The second kappa shape index (κ2) is 9.28. The standard InChI is InChI=1S/C19H26N2O5.ClH/c1-25-14-5-6-15(17(10-14)26-2)16-4-3-8-21(16)18(22)12-20-9-7-13(11-20)19(23)24;/h5-6,10,13,16H,3-4,7-9,11-12H2,1-2H3,(H,23,24);1H. The highest BCUT2D eigenvalue weighted by atomic mass is 35.5. The molecule has 3 rings (SSSR count). The average Bonchev–Trinajstić information content (AvgIpc) is 3.30. The number of nitrogens with zero attached hydrogens (tertiary/aromatic N) is 2. The van der Waals surface area contributed by atoms with Crippen molar-refractivity contribution in [3.63, 3.8) is 0 Å². The monoisotopic (exact) mass is 398 g/mol. The van der Waals surface area contributed by atoms with Crippen LogP contribution >= 0.6 is 12.4 Å². The number of carbonyl (C=O) groups excluding carboxylic acids is 1. The predicted molar refractivity (Wildman–Crippen MR) is 103 cm³/mol. The fourth-order valence-electron chi connectivity index (χ4n) is 3.94. The molecule has 1 aromatic rings. The fourth-order valence-corrected chi connectivity index (χ4v) is 3.94. The molecule has 1 amide bonds. The summed E-state index contributed by atoms with van der Waals surface area (Å²) in [5.74, 6) is 0.358. The number of likely N-dealkylation sites (tertiary alicyclic amines) is 2. The second-order valence-corrected chi connectivity index (χ2v) is 6.91. The molecular formula is C19H27ClN2O5. The number of carboxylic acid groups (broad SMARTS) is 1. The number of halogens is 1. The van der Waals surface area contributed by atoms with E-state index in [4.69, 9.17) is 14.6 Å². The topological polar surface area (TPSA) is 79.3 Å². The van der Waals surface area contributed by atoms with E-state index in [-0.39, 0.29) is 36.8 Å². The number of carbonyl (C=O) groups is 2. The van der Waals surface area contributed by atoms with Crippen molar-refractivity contribution >= 4 is 24.3 Å². The Balaban J connectivity index is 0.00000261. The highest BCUT2D eigenvalue weighted by Gasteiger charge is 2.35. The van der Waals surface area contributed by atoms with Crippen molar-refractivity contribution in [1.29, 1.82) is 0 Å². The van der Waals surface area contributed by atoms with Gasteiger partial charge in [0.25, 0.3) is 0 Å². The molecule has 1 aromatic carbocycles. The van der Waals surface area contributed by atoms with Gasteiger partial charge in [-0.05, 0) is 37.9 Å². The van der Waals surface area contributed by atoms with Crippen molar-refractivity contribution in [2.45, 2.75) is 25.3 Å². The summed E-state index contributed by atoms with van der Waals surface area (Å²) in [6, 6.07) is 5.68. The highest BCUT2D eigenvalue weighted by molar-refractivity contribution is 5.85. The maximum atomic E-state index is 12.9. The molecule has 0 bridgehead atoms. The number of aliphatic carboxylic acids is 1. The van der Waals surface area contributed by atoms with E-state index in [9.17, 15) is 9.59 Å². The summed E-state index contributed by atoms with van der Waals surface area (Å²) in [5.41, 5.74) is 0.990. The molecule has 2 aliphatic heterocycles. The molecule has 8 heteroatoms. The molecule has 0 aliphatic carbocycles. The largest absolute Gasteiger partial charge is 0.497 e. The van der Waals surface area contributed by atoms with Crippen molar-refractivity contribution in [3.8, 4) is 11.5 Å². The average molecular weight is 399 g/mol. The summed E-state index contributed by atoms with van der Waals surface area (Å²) < 4.78 is 10.8. The summed E-state index contributed by atoms with van der Waals surface area (Å²) >= 11 is 0. The first kappa shape index (κ1) is 21.3. The molecule has 2 heterocycles. The van der Waals surface area contributed by atoms with E-state index < -0.39 is 5.97 Å². The molecule has 0 aromatic heterocycles. The molecule has 0 saturated carbocycles. The lowest BCUT2D eigenvalue weighted by atomic mass is 10.0. The molecule has 27 heavy (non-hydrogen) atoms. The predicted octanol–water partition coefficient (Wildman–Crippen LogP) is 2.20. The molecule has 2 atom stereocenters. The van der Waals surface area contributed by atoms with E-state index >= 15 is 0 Å². The zero-order valence-electron chi connectivity index (χ0n) is 15.7. The van der Waals surface area contributed by atoms with Crippen LogP contribution in [-0.4, -0.2) is 67.2 Å². The molecular weight excluding hydrogens is 372 g/mol. The minimum atomic E-state index is -0.776. The quantitative estimate of drug-likeness (QED) is 0.791. The van der Waals surface area contributed by atoms with Crippen LogP contribution in [0.15, 0.2) is 18.2 Å². The number of hydrogen-bond donors (Lipinski definition) is 1. The normalized spacial score (nSPS) is 22.4. The summed E-state index contributed by atoms with van der Waals surface area (Å²) in [7, 11) is 3.23. The Labute approximate surface area is 165 Å². The number of amides is 1. The summed E-state index contributed by atoms with van der Waals surface area (Å²) in [5, 5.41) is 9.12. The third kappa shape index (κ3) is 4.65. The Bertz CT molecular complexity index is 684. The van der Waals surface area contributed by atoms with Crippen LogP contribution in [0.2, 0.25) is 0 Å². The van der Waals surface area contributed by atoms with Gasteiger partial charge in [0, 0.05) is 24.7 Å². The van der Waals surface area contributed by atoms with Crippen molar-refractivity contribution in [3.05, 3.63) is 23.8 Å². The molecule has 1 N–H and O–H groups in total. The molecule has 7 nitrogen and oxygen atoms in total. The minimum Gasteiger partial charge on any atom is -0.497 e. The third-order valence-corrected chi connectivity index (χ3v) is 5.35. The van der Waals surface area contributed by atoms with Crippen LogP contribution in [0.5, 0.6) is 11.5 Å². The Kier molecular flexibility index (Phi) is 7.33. The number of ether oxygens (including phenoxy) is 2. The highest BCUT2D eigenvalue weighted by Crippen LogP contribution is 2.38. The Hall–Kier alpha value is -1.99. The number of methoxy groups -OCH3 is 2. The van der Waals surface area contributed by atoms with Crippen LogP contribution < -0.4 is 9.47 Å². The maximum absolute atomic E-state index is 12.9. The smallest absolute Gasteiger partial charge is 0.307 e. The molecule has 150 valence electrons. The lowest BCUT2D eigenvalue weighted by Gasteiger charge is -2.28. The first-order valence-corrected chi connectivity index (χ1v) is 9.00. The maximum Gasteiger partial charge on any atom is 0.307 e. The van der Waals surface area contributed by atoms with Crippen molar-refractivity contribution in [2.24, 2.45) is 5.92 Å². The van der Waals surface area contributed by atoms with E-state index in [1.54, 1.807) is 14.2 Å². The van der Waals surface area contributed by atoms with Gasteiger partial charge in [-0.15, -0.1) is 12.4 Å². The van der Waals surface area contributed by atoms with Crippen LogP contribution in [0.25, 0.3) is 0 Å². The zero-order valence-corrected chi connectivity index (χ0v) is 16.5. The van der Waals surface area contributed by atoms with Gasteiger partial charge in [0.1, 0.15) is 11.5 Å². The Morgan fingerprint density at radius 2 is 1.96 bits per heavy atom. The van der Waals surface area contributed by atoms with Crippen LogP contribution in [0.4, 0.5) is 0 Å². The van der Waals surface area contributed by atoms with Crippen molar-refractivity contribution in [1.82, 2.24) is 9.80 Å². The number of hydrogen-bond acceptors (Lipinski definition) is 5. The van der Waals surface area contributed by atoms with E-state index in [1.165, 1.54) is 0 Å². The second-order valence-electron chi connectivity index (χ2n) is 6.91. The number of rotatable bonds is 6. The molecule has 0 radical (unpaired) electrons. The Morgan fingerprint density at radius 3 is 2.59 bits per heavy atom. The Morgan fingerprint density at radius 1 is 1.19 bits per heavy atom. The SMILES string of the molecule is COc1ccc(C2CCCN2C(=O)CN2CCC(C(=O)O)C2)c(OC)c1.Cl. The van der Waals surface area contributed by atoms with Crippen LogP contribution in [0.1, 0.15) is 30.9 Å². The first-order valence-electron chi connectivity index (χ1n) is 9.00. The van der Waals surface area contributed by atoms with Gasteiger partial charge in [0.05, 0.1) is 32.7 Å². The van der Waals surface area contributed by atoms with E-state index in [1.807, 2.05) is 28.0 Å². The van der Waals surface area contributed by atoms with Crippen molar-refractivity contribution in [2.75, 3.05) is 40.4 Å². The summed E-state index contributed by atoms with van der Waals surface area (Å²) in [4.78, 5) is 27.8. The van der Waals surface area contributed by atoms with Gasteiger partial charge >= 0.3 is 5.97 Å². The van der Waals surface area contributed by atoms with Gasteiger partial charge in [-0.2, -0.15) is 0 Å². The summed E-state index contributed by atoms with van der Waals surface area (Å²) in [6.07, 6.45) is 2.45. The lowest BCUT2D eigenvalue weighted by molar-refractivity contribution is -0.141. The number of carboxylic acids is 1. The summed E-state index contributed by atoms with van der Waals surface area (Å²) in [6.45, 7) is 2.10.